The quantitative estimate of drug-likeness (QED) is 0.351. The molecule has 8 heteroatoms. The number of methoxy groups -OCH3 is 2. The van der Waals surface area contributed by atoms with Crippen LogP contribution in [0.15, 0.2) is 60.0 Å². The summed E-state index contributed by atoms with van der Waals surface area (Å²) < 4.78 is 11.0. The van der Waals surface area contributed by atoms with Crippen molar-refractivity contribution in [3.8, 4) is 33.3 Å². The van der Waals surface area contributed by atoms with Crippen LogP contribution in [0.4, 0.5) is 0 Å². The summed E-state index contributed by atoms with van der Waals surface area (Å²) >= 11 is 1.62. The van der Waals surface area contributed by atoms with Crippen molar-refractivity contribution in [1.29, 1.82) is 0 Å². The molecular weight excluding hydrogens is 400 g/mol. The Labute approximate surface area is 177 Å². The molecule has 0 bridgehead atoms. The van der Waals surface area contributed by atoms with Gasteiger partial charge in [0, 0.05) is 33.2 Å². The molecule has 150 valence electrons. The molecule has 0 radical (unpaired) electrons. The van der Waals surface area contributed by atoms with Gasteiger partial charge in [0.05, 0.1) is 14.2 Å². The van der Waals surface area contributed by atoms with Crippen LogP contribution in [0.3, 0.4) is 0 Å². The van der Waals surface area contributed by atoms with Crippen LogP contribution in [-0.2, 0) is 0 Å². The minimum absolute atomic E-state index is 0.120. The zero-order valence-electron chi connectivity index (χ0n) is 16.3. The number of nitrogens with one attached hydrogen (secondary N) is 1. The Morgan fingerprint density at radius 2 is 1.87 bits per heavy atom. The number of benzene rings is 2. The van der Waals surface area contributed by atoms with Gasteiger partial charge >= 0.3 is 0 Å². The lowest BCUT2D eigenvalue weighted by Gasteiger charge is -2.12. The van der Waals surface area contributed by atoms with Gasteiger partial charge in [0.1, 0.15) is 11.5 Å². The smallest absolute Gasteiger partial charge is 0.204 e. The molecule has 7 nitrogen and oxygen atoms in total. The van der Waals surface area contributed by atoms with E-state index in [0.29, 0.717) is 17.1 Å². The second kappa shape index (κ2) is 8.71. The van der Waals surface area contributed by atoms with Gasteiger partial charge < -0.3 is 9.47 Å². The highest BCUT2D eigenvalue weighted by molar-refractivity contribution is 7.13. The summed E-state index contributed by atoms with van der Waals surface area (Å²) in [4.78, 5) is 13.7. The van der Waals surface area contributed by atoms with Gasteiger partial charge in [0.2, 0.25) is 5.82 Å². The van der Waals surface area contributed by atoms with Crippen molar-refractivity contribution in [2.75, 3.05) is 14.2 Å². The average Bonchev–Trinajstić information content (AvgIpc) is 3.51. The Morgan fingerprint density at radius 1 is 1.07 bits per heavy atom. The summed E-state index contributed by atoms with van der Waals surface area (Å²) in [5.41, 5.74) is 3.08. The highest BCUT2D eigenvalue weighted by atomic mass is 32.1. The molecular formula is C22H18N4O3S. The third kappa shape index (κ3) is 3.99. The zero-order chi connectivity index (χ0) is 20.9. The van der Waals surface area contributed by atoms with Crippen LogP contribution in [0.1, 0.15) is 15.9 Å². The summed E-state index contributed by atoms with van der Waals surface area (Å²) in [6, 6.07) is 14.9. The average molecular weight is 418 g/mol. The van der Waals surface area contributed by atoms with Gasteiger partial charge in [-0.05, 0) is 34.9 Å². The number of hydrogen-bond donors (Lipinski definition) is 1. The minimum atomic E-state index is -0.120. The summed E-state index contributed by atoms with van der Waals surface area (Å²) in [6.45, 7) is 0. The third-order valence-electron chi connectivity index (χ3n) is 4.53. The fraction of sp³-hybridized carbons (Fsp3) is 0.0909. The molecule has 1 N–H and O–H groups in total. The molecule has 0 atom stereocenters. The predicted octanol–water partition coefficient (Wildman–Crippen LogP) is 4.51. The maximum atomic E-state index is 12.7. The topological polar surface area (TPSA) is 90.0 Å². The van der Waals surface area contributed by atoms with Crippen LogP contribution in [0.5, 0.6) is 11.5 Å². The number of aromatic amines is 1. The maximum Gasteiger partial charge on any atom is 0.204 e. The van der Waals surface area contributed by atoms with Gasteiger partial charge in [-0.3, -0.25) is 4.79 Å². The van der Waals surface area contributed by atoms with Crippen LogP contribution in [-0.4, -0.2) is 40.6 Å². The second-order valence-corrected chi connectivity index (χ2v) is 7.23. The summed E-state index contributed by atoms with van der Waals surface area (Å²) in [6.07, 6.45) is 3.29. The highest BCUT2D eigenvalue weighted by Gasteiger charge is 2.13. The molecule has 4 rings (SSSR count). The molecule has 0 saturated heterocycles. The standard InChI is InChI=1S/C22H18N4O3S/c1-28-19-13-20(29-2)17(21-4-3-11-30-21)12-16(19)9-10-18(27)14-5-7-15(8-6-14)22-23-25-26-24-22/h3-13H,1-2H3,(H,23,24,25,26)/b10-9+. The number of hydrogen-bond acceptors (Lipinski definition) is 7. The SMILES string of the molecule is COc1cc(OC)c(-c2cccs2)cc1/C=C/C(=O)c1ccc(-c2nn[nH]n2)cc1. The molecule has 0 amide bonds. The Bertz CT molecular complexity index is 1170. The molecule has 2 heterocycles. The largest absolute Gasteiger partial charge is 0.496 e. The molecule has 2 aromatic heterocycles. The molecule has 0 unspecified atom stereocenters. The Hall–Kier alpha value is -3.78. The molecule has 30 heavy (non-hydrogen) atoms. The third-order valence-corrected chi connectivity index (χ3v) is 5.43. The minimum Gasteiger partial charge on any atom is -0.496 e. The fourth-order valence-electron chi connectivity index (χ4n) is 3.01. The number of rotatable bonds is 7. The van der Waals surface area contributed by atoms with E-state index < -0.39 is 0 Å². The van der Waals surface area contributed by atoms with Gasteiger partial charge in [-0.1, -0.05) is 30.3 Å². The normalized spacial score (nSPS) is 11.0. The first-order valence-electron chi connectivity index (χ1n) is 9.06. The van der Waals surface area contributed by atoms with E-state index in [0.717, 1.165) is 27.3 Å². The molecule has 0 aliphatic carbocycles. The summed E-state index contributed by atoms with van der Waals surface area (Å²) in [5, 5.41) is 15.8. The first kappa shape index (κ1) is 19.5. The fourth-order valence-corrected chi connectivity index (χ4v) is 3.75. The number of aromatic nitrogens is 4. The number of nitrogens with zero attached hydrogens (tertiary/aromatic N) is 3. The van der Waals surface area contributed by atoms with Crippen molar-refractivity contribution in [2.24, 2.45) is 0 Å². The molecule has 0 aliphatic rings. The van der Waals surface area contributed by atoms with E-state index in [1.807, 2.05) is 29.6 Å². The zero-order valence-corrected chi connectivity index (χ0v) is 17.1. The van der Waals surface area contributed by atoms with E-state index in [4.69, 9.17) is 9.47 Å². The monoisotopic (exact) mass is 418 g/mol. The van der Waals surface area contributed by atoms with Crippen LogP contribution < -0.4 is 9.47 Å². The molecule has 0 spiro atoms. The molecule has 4 aromatic rings. The van der Waals surface area contributed by atoms with Crippen molar-refractivity contribution in [3.63, 3.8) is 0 Å². The number of ether oxygens (including phenoxy) is 2. The Kier molecular flexibility index (Phi) is 5.67. The van der Waals surface area contributed by atoms with Crippen LogP contribution in [0, 0.1) is 0 Å². The van der Waals surface area contributed by atoms with E-state index in [9.17, 15) is 4.79 Å². The summed E-state index contributed by atoms with van der Waals surface area (Å²) in [5.74, 6) is 1.71. The van der Waals surface area contributed by atoms with Crippen LogP contribution in [0.2, 0.25) is 0 Å². The lowest BCUT2D eigenvalue weighted by molar-refractivity contribution is 0.104. The van der Waals surface area contributed by atoms with Gasteiger partial charge in [-0.15, -0.1) is 21.5 Å². The van der Waals surface area contributed by atoms with Gasteiger partial charge in [-0.2, -0.15) is 5.21 Å². The van der Waals surface area contributed by atoms with E-state index in [2.05, 4.69) is 20.6 Å². The van der Waals surface area contributed by atoms with E-state index in [1.54, 1.807) is 55.9 Å². The lowest BCUT2D eigenvalue weighted by atomic mass is 10.0. The number of thiophene rings is 1. The van der Waals surface area contributed by atoms with Crippen molar-refractivity contribution < 1.29 is 14.3 Å². The van der Waals surface area contributed by atoms with Crippen molar-refractivity contribution in [3.05, 3.63) is 71.1 Å². The number of allylic oxidation sites excluding steroid dienone is 1. The van der Waals surface area contributed by atoms with E-state index >= 15 is 0 Å². The van der Waals surface area contributed by atoms with Gasteiger partial charge in [0.25, 0.3) is 0 Å². The first-order valence-corrected chi connectivity index (χ1v) is 9.93. The first-order chi connectivity index (χ1) is 14.7. The van der Waals surface area contributed by atoms with Crippen LogP contribution in [0.25, 0.3) is 27.9 Å². The molecule has 0 saturated carbocycles. The Morgan fingerprint density at radius 3 is 2.50 bits per heavy atom. The van der Waals surface area contributed by atoms with Gasteiger partial charge in [-0.25, -0.2) is 0 Å². The molecule has 0 fully saturated rings. The number of carbonyl (C=O) groups excluding carboxylic acids is 1. The van der Waals surface area contributed by atoms with Gasteiger partial charge in [0.15, 0.2) is 5.78 Å². The van der Waals surface area contributed by atoms with Crippen LogP contribution >= 0.6 is 11.3 Å². The molecule has 0 aliphatic heterocycles. The van der Waals surface area contributed by atoms with E-state index in [1.165, 1.54) is 6.08 Å². The number of tetrazole rings is 1. The van der Waals surface area contributed by atoms with Crippen molar-refractivity contribution in [1.82, 2.24) is 20.6 Å². The number of carbonyl (C=O) groups is 1. The second-order valence-electron chi connectivity index (χ2n) is 6.28. The summed E-state index contributed by atoms with van der Waals surface area (Å²) in [7, 11) is 3.22. The Balaban J connectivity index is 1.61. The number of ketones is 1. The number of H-pyrrole nitrogens is 1. The predicted molar refractivity (Wildman–Crippen MR) is 116 cm³/mol. The molecule has 2 aromatic carbocycles. The maximum absolute atomic E-state index is 12.7. The van der Waals surface area contributed by atoms with Crippen molar-refractivity contribution >= 4 is 23.2 Å². The van der Waals surface area contributed by atoms with E-state index in [-0.39, 0.29) is 5.78 Å². The lowest BCUT2D eigenvalue weighted by Crippen LogP contribution is -1.96. The highest BCUT2D eigenvalue weighted by Crippen LogP contribution is 2.38. The van der Waals surface area contributed by atoms with Crippen molar-refractivity contribution in [2.45, 2.75) is 0 Å².